The highest BCUT2D eigenvalue weighted by Crippen LogP contribution is 2.27. The van der Waals surface area contributed by atoms with Crippen molar-refractivity contribution in [1.82, 2.24) is 5.32 Å². The Hall–Kier alpha value is -2.24. The molecule has 0 radical (unpaired) electrons. The Bertz CT molecular complexity index is 460. The second kappa shape index (κ2) is 6.63. The molecule has 2 amide bonds. The fourth-order valence-corrected chi connectivity index (χ4v) is 1.82. The minimum Gasteiger partial charge on any atom is -0.465 e. The summed E-state index contributed by atoms with van der Waals surface area (Å²) >= 11 is 0. The van der Waals surface area contributed by atoms with Crippen LogP contribution in [0.3, 0.4) is 0 Å². The van der Waals surface area contributed by atoms with Crippen LogP contribution in [0.5, 0.6) is 0 Å². The molecule has 1 aromatic carbocycles. The van der Waals surface area contributed by atoms with Crippen LogP contribution in [0, 0.1) is 0 Å². The number of carbonyl (C=O) groups is 2. The fourth-order valence-electron chi connectivity index (χ4n) is 1.82. The molecule has 0 heterocycles. The number of amides is 2. The Morgan fingerprint density at radius 3 is 2.42 bits per heavy atom. The van der Waals surface area contributed by atoms with Gasteiger partial charge >= 0.3 is 12.2 Å². The summed E-state index contributed by atoms with van der Waals surface area (Å²) in [7, 11) is 0. The van der Waals surface area contributed by atoms with Gasteiger partial charge in [-0.2, -0.15) is 0 Å². The predicted molar refractivity (Wildman–Crippen MR) is 71.9 cm³/mol. The molecule has 19 heavy (non-hydrogen) atoms. The van der Waals surface area contributed by atoms with Crippen molar-refractivity contribution in [3.8, 4) is 0 Å². The van der Waals surface area contributed by atoms with Crippen LogP contribution in [0.15, 0.2) is 24.3 Å². The van der Waals surface area contributed by atoms with Crippen LogP contribution in [0.4, 0.5) is 15.3 Å². The van der Waals surface area contributed by atoms with Gasteiger partial charge in [0.1, 0.15) is 0 Å². The Labute approximate surface area is 111 Å². The molecule has 0 saturated carbocycles. The van der Waals surface area contributed by atoms with Crippen molar-refractivity contribution < 1.29 is 19.8 Å². The number of hydrogen-bond acceptors (Lipinski definition) is 2. The SMILES string of the molecule is CC(C)c1ccccc1N(CCNC(=O)O)C(=O)O. The number of para-hydroxylation sites is 1. The van der Waals surface area contributed by atoms with E-state index in [4.69, 9.17) is 5.11 Å². The third-order valence-corrected chi connectivity index (χ3v) is 2.69. The van der Waals surface area contributed by atoms with Gasteiger partial charge in [0.05, 0.1) is 5.69 Å². The van der Waals surface area contributed by atoms with Gasteiger partial charge in [-0.1, -0.05) is 32.0 Å². The summed E-state index contributed by atoms with van der Waals surface area (Å²) < 4.78 is 0. The lowest BCUT2D eigenvalue weighted by Gasteiger charge is -2.23. The first kappa shape index (κ1) is 14.8. The van der Waals surface area contributed by atoms with Crippen LogP contribution < -0.4 is 10.2 Å². The monoisotopic (exact) mass is 266 g/mol. The highest BCUT2D eigenvalue weighted by atomic mass is 16.4. The lowest BCUT2D eigenvalue weighted by atomic mass is 10.0. The van der Waals surface area contributed by atoms with Gasteiger partial charge in [0, 0.05) is 13.1 Å². The van der Waals surface area contributed by atoms with E-state index in [2.05, 4.69) is 5.32 Å². The minimum absolute atomic E-state index is 0.0497. The van der Waals surface area contributed by atoms with E-state index in [9.17, 15) is 14.7 Å². The summed E-state index contributed by atoms with van der Waals surface area (Å²) in [5, 5.41) is 19.9. The average Bonchev–Trinajstić information content (AvgIpc) is 2.34. The van der Waals surface area contributed by atoms with Crippen LogP contribution >= 0.6 is 0 Å². The molecule has 6 nitrogen and oxygen atoms in total. The Kier molecular flexibility index (Phi) is 5.17. The van der Waals surface area contributed by atoms with E-state index < -0.39 is 12.2 Å². The number of nitrogens with zero attached hydrogens (tertiary/aromatic N) is 1. The molecule has 6 heteroatoms. The molecular formula is C13H18N2O4. The highest BCUT2D eigenvalue weighted by molar-refractivity contribution is 5.87. The number of carboxylic acid groups (broad SMARTS) is 2. The Morgan fingerprint density at radius 2 is 1.89 bits per heavy atom. The largest absolute Gasteiger partial charge is 0.465 e. The Morgan fingerprint density at radius 1 is 1.26 bits per heavy atom. The number of anilines is 1. The molecule has 0 atom stereocenters. The van der Waals surface area contributed by atoms with Crippen molar-refractivity contribution in [3.05, 3.63) is 29.8 Å². The van der Waals surface area contributed by atoms with Gasteiger partial charge in [-0.15, -0.1) is 0 Å². The first-order valence-corrected chi connectivity index (χ1v) is 5.99. The summed E-state index contributed by atoms with van der Waals surface area (Å²) in [6.07, 6.45) is -2.26. The van der Waals surface area contributed by atoms with Crippen LogP contribution in [0.1, 0.15) is 25.3 Å². The fraction of sp³-hybridized carbons (Fsp3) is 0.385. The summed E-state index contributed by atoms with van der Waals surface area (Å²) in [5.74, 6) is 0.186. The molecular weight excluding hydrogens is 248 g/mol. The molecule has 0 bridgehead atoms. The second-order valence-corrected chi connectivity index (χ2v) is 4.38. The van der Waals surface area contributed by atoms with Gasteiger partial charge in [-0.05, 0) is 17.5 Å². The maximum absolute atomic E-state index is 11.3. The molecule has 0 fully saturated rings. The average molecular weight is 266 g/mol. The van der Waals surface area contributed by atoms with Crippen molar-refractivity contribution in [2.45, 2.75) is 19.8 Å². The van der Waals surface area contributed by atoms with Crippen molar-refractivity contribution in [2.75, 3.05) is 18.0 Å². The summed E-state index contributed by atoms with van der Waals surface area (Å²) in [5.41, 5.74) is 1.51. The lowest BCUT2D eigenvalue weighted by molar-refractivity contribution is 0.192. The molecule has 0 saturated heterocycles. The lowest BCUT2D eigenvalue weighted by Crippen LogP contribution is -2.38. The third kappa shape index (κ3) is 4.17. The number of rotatable bonds is 5. The first-order chi connectivity index (χ1) is 8.93. The van der Waals surface area contributed by atoms with Gasteiger partial charge in [0.2, 0.25) is 0 Å². The standard InChI is InChI=1S/C13H18N2O4/c1-9(2)10-5-3-4-6-11(10)15(13(18)19)8-7-14-12(16)17/h3-6,9,14H,7-8H2,1-2H3,(H,16,17)(H,18,19). The Balaban J connectivity index is 2.93. The van der Waals surface area contributed by atoms with Crippen molar-refractivity contribution in [2.24, 2.45) is 0 Å². The molecule has 1 aromatic rings. The highest BCUT2D eigenvalue weighted by Gasteiger charge is 2.18. The van der Waals surface area contributed by atoms with E-state index in [1.54, 1.807) is 12.1 Å². The van der Waals surface area contributed by atoms with E-state index in [0.717, 1.165) is 10.5 Å². The molecule has 3 N–H and O–H groups in total. The van der Waals surface area contributed by atoms with Crippen molar-refractivity contribution in [3.63, 3.8) is 0 Å². The van der Waals surface area contributed by atoms with Crippen LogP contribution in [0.2, 0.25) is 0 Å². The number of benzene rings is 1. The van der Waals surface area contributed by atoms with Gasteiger partial charge in [0.15, 0.2) is 0 Å². The normalized spacial score (nSPS) is 10.3. The summed E-state index contributed by atoms with van der Waals surface area (Å²) in [6.45, 7) is 4.09. The maximum atomic E-state index is 11.3. The third-order valence-electron chi connectivity index (χ3n) is 2.69. The molecule has 0 aliphatic rings. The minimum atomic E-state index is -1.16. The molecule has 0 aliphatic heterocycles. The molecule has 0 aliphatic carbocycles. The summed E-state index contributed by atoms with van der Waals surface area (Å²) in [4.78, 5) is 22.8. The zero-order chi connectivity index (χ0) is 14.4. The van der Waals surface area contributed by atoms with E-state index >= 15 is 0 Å². The quantitative estimate of drug-likeness (QED) is 0.764. The van der Waals surface area contributed by atoms with E-state index in [1.807, 2.05) is 26.0 Å². The first-order valence-electron chi connectivity index (χ1n) is 5.99. The van der Waals surface area contributed by atoms with Crippen LogP contribution in [-0.4, -0.2) is 35.5 Å². The maximum Gasteiger partial charge on any atom is 0.411 e. The summed E-state index contributed by atoms with van der Waals surface area (Å²) in [6, 6.07) is 7.22. The topological polar surface area (TPSA) is 89.9 Å². The molecule has 0 spiro atoms. The molecule has 104 valence electrons. The van der Waals surface area contributed by atoms with Gasteiger partial charge in [0.25, 0.3) is 0 Å². The molecule has 1 rings (SSSR count). The van der Waals surface area contributed by atoms with E-state index in [-0.39, 0.29) is 19.0 Å². The van der Waals surface area contributed by atoms with E-state index in [1.165, 1.54) is 0 Å². The van der Waals surface area contributed by atoms with Crippen LogP contribution in [0.25, 0.3) is 0 Å². The van der Waals surface area contributed by atoms with Gasteiger partial charge in [-0.25, -0.2) is 9.59 Å². The predicted octanol–water partition coefficient (Wildman–Crippen LogP) is 2.56. The van der Waals surface area contributed by atoms with Gasteiger partial charge in [-0.3, -0.25) is 4.90 Å². The van der Waals surface area contributed by atoms with Crippen LogP contribution in [-0.2, 0) is 0 Å². The second-order valence-electron chi connectivity index (χ2n) is 4.38. The zero-order valence-electron chi connectivity index (χ0n) is 11.0. The van der Waals surface area contributed by atoms with Crippen molar-refractivity contribution in [1.29, 1.82) is 0 Å². The molecule has 0 unspecified atom stereocenters. The van der Waals surface area contributed by atoms with Crippen molar-refractivity contribution >= 4 is 17.9 Å². The molecule has 0 aromatic heterocycles. The van der Waals surface area contributed by atoms with Gasteiger partial charge < -0.3 is 15.5 Å². The van der Waals surface area contributed by atoms with E-state index in [0.29, 0.717) is 5.69 Å². The zero-order valence-corrected chi connectivity index (χ0v) is 11.0. The number of nitrogens with one attached hydrogen (secondary N) is 1. The smallest absolute Gasteiger partial charge is 0.411 e. The number of hydrogen-bond donors (Lipinski definition) is 3.